The Hall–Kier alpha value is -3.28. The Morgan fingerprint density at radius 1 is 1.25 bits per heavy atom. The lowest BCUT2D eigenvalue weighted by Crippen LogP contribution is -2.24. The number of amides is 2. The van der Waals surface area contributed by atoms with Crippen LogP contribution < -0.4 is 15.0 Å². The van der Waals surface area contributed by atoms with Crippen molar-refractivity contribution in [1.82, 2.24) is 4.98 Å². The molecule has 0 bridgehead atoms. The van der Waals surface area contributed by atoms with Crippen molar-refractivity contribution >= 4 is 34.1 Å². The highest BCUT2D eigenvalue weighted by Gasteiger charge is 2.24. The Bertz CT molecular complexity index is 1020. The Kier molecular flexibility index (Phi) is 5.02. The molecule has 0 spiro atoms. The summed E-state index contributed by atoms with van der Waals surface area (Å²) >= 11 is 0. The van der Waals surface area contributed by atoms with Crippen molar-refractivity contribution in [2.24, 2.45) is 0 Å². The molecule has 4 rings (SSSR count). The van der Waals surface area contributed by atoms with Crippen LogP contribution in [0.5, 0.6) is 5.75 Å². The molecule has 1 aromatic heterocycles. The average molecular weight is 377 g/mol. The van der Waals surface area contributed by atoms with Gasteiger partial charge in [0.1, 0.15) is 5.75 Å². The molecule has 2 amide bonds. The van der Waals surface area contributed by atoms with Gasteiger partial charge in [-0.25, -0.2) is 0 Å². The van der Waals surface area contributed by atoms with Gasteiger partial charge in [-0.3, -0.25) is 9.59 Å². The van der Waals surface area contributed by atoms with Crippen LogP contribution in [0.4, 0.5) is 11.4 Å². The molecule has 144 valence electrons. The normalized spacial score (nSPS) is 13.9. The van der Waals surface area contributed by atoms with Gasteiger partial charge >= 0.3 is 0 Å². The Morgan fingerprint density at radius 2 is 2.11 bits per heavy atom. The number of anilines is 2. The zero-order valence-corrected chi connectivity index (χ0v) is 15.8. The lowest BCUT2D eigenvalue weighted by molar-refractivity contribution is -0.117. The summed E-state index contributed by atoms with van der Waals surface area (Å²) in [4.78, 5) is 29.4. The second-order valence-electron chi connectivity index (χ2n) is 6.94. The third-order valence-electron chi connectivity index (χ3n) is 5.12. The Morgan fingerprint density at radius 3 is 2.89 bits per heavy atom. The number of hydrogen-bond donors (Lipinski definition) is 2. The number of benzene rings is 2. The van der Waals surface area contributed by atoms with Gasteiger partial charge in [-0.15, -0.1) is 0 Å². The number of carbonyl (C=O) groups excluding carboxylic acids is 2. The maximum atomic E-state index is 12.4. The van der Waals surface area contributed by atoms with E-state index in [0.29, 0.717) is 37.2 Å². The molecule has 6 heteroatoms. The molecule has 2 N–H and O–H groups in total. The summed E-state index contributed by atoms with van der Waals surface area (Å²) in [6.45, 7) is 0.700. The summed E-state index contributed by atoms with van der Waals surface area (Å²) in [7, 11) is 1.57. The van der Waals surface area contributed by atoms with Crippen LogP contribution in [0.3, 0.4) is 0 Å². The first-order chi connectivity index (χ1) is 13.7. The van der Waals surface area contributed by atoms with E-state index >= 15 is 0 Å². The molecule has 2 heterocycles. The quantitative estimate of drug-likeness (QED) is 0.685. The third-order valence-corrected chi connectivity index (χ3v) is 5.12. The number of aromatic nitrogens is 1. The molecule has 0 aliphatic carbocycles. The first-order valence-electron chi connectivity index (χ1n) is 9.49. The van der Waals surface area contributed by atoms with E-state index in [1.54, 1.807) is 18.1 Å². The van der Waals surface area contributed by atoms with Crippen LogP contribution in [0.25, 0.3) is 10.9 Å². The molecule has 0 saturated carbocycles. The van der Waals surface area contributed by atoms with Crippen molar-refractivity contribution in [3.8, 4) is 5.75 Å². The van der Waals surface area contributed by atoms with Gasteiger partial charge in [-0.1, -0.05) is 18.2 Å². The van der Waals surface area contributed by atoms with Gasteiger partial charge in [0.15, 0.2) is 0 Å². The number of fused-ring (bicyclic) bond motifs is 1. The van der Waals surface area contributed by atoms with E-state index in [4.69, 9.17) is 4.74 Å². The minimum atomic E-state index is -0.0580. The molecular weight excluding hydrogens is 354 g/mol. The molecule has 1 saturated heterocycles. The molecule has 6 nitrogen and oxygen atoms in total. The highest BCUT2D eigenvalue weighted by atomic mass is 16.5. The maximum Gasteiger partial charge on any atom is 0.227 e. The standard InChI is InChI=1S/C22H23N3O3/c1-28-20-13-16(9-10-19(20)25-12-4-7-22(25)27)24-21(26)11-8-15-14-23-18-6-3-2-5-17(15)18/h2-3,5-6,9-10,13-14,23H,4,7-8,11-12H2,1H3,(H,24,26). The molecule has 3 aromatic rings. The number of aryl methyl sites for hydroxylation is 1. The fraction of sp³-hybridized carbons (Fsp3) is 0.273. The first-order valence-corrected chi connectivity index (χ1v) is 9.49. The molecule has 1 aliphatic rings. The van der Waals surface area contributed by atoms with E-state index in [-0.39, 0.29) is 11.8 Å². The third kappa shape index (κ3) is 3.58. The van der Waals surface area contributed by atoms with Crippen LogP contribution in [-0.2, 0) is 16.0 Å². The van der Waals surface area contributed by atoms with Gasteiger partial charge < -0.3 is 19.9 Å². The van der Waals surface area contributed by atoms with Crippen molar-refractivity contribution < 1.29 is 14.3 Å². The van der Waals surface area contributed by atoms with Crippen molar-refractivity contribution in [3.63, 3.8) is 0 Å². The SMILES string of the molecule is COc1cc(NC(=O)CCc2c[nH]c3ccccc23)ccc1N1CCCC1=O. The van der Waals surface area contributed by atoms with Crippen LogP contribution in [0, 0.1) is 0 Å². The Labute approximate surface area is 163 Å². The summed E-state index contributed by atoms with van der Waals surface area (Å²) in [5, 5.41) is 4.07. The fourth-order valence-corrected chi connectivity index (χ4v) is 3.69. The van der Waals surface area contributed by atoms with E-state index in [1.165, 1.54) is 0 Å². The number of para-hydroxylation sites is 1. The van der Waals surface area contributed by atoms with Gasteiger partial charge in [0, 0.05) is 48.2 Å². The summed E-state index contributed by atoms with van der Waals surface area (Å²) < 4.78 is 5.45. The minimum absolute atomic E-state index is 0.0580. The maximum absolute atomic E-state index is 12.4. The number of rotatable bonds is 6. The van der Waals surface area contributed by atoms with E-state index in [2.05, 4.69) is 16.4 Å². The summed E-state index contributed by atoms with van der Waals surface area (Å²) in [6.07, 6.45) is 4.43. The summed E-state index contributed by atoms with van der Waals surface area (Å²) in [6, 6.07) is 13.5. The zero-order chi connectivity index (χ0) is 19.5. The van der Waals surface area contributed by atoms with Gasteiger partial charge in [0.05, 0.1) is 12.8 Å². The van der Waals surface area contributed by atoms with E-state index < -0.39 is 0 Å². The van der Waals surface area contributed by atoms with E-state index in [1.807, 2.05) is 36.5 Å². The van der Waals surface area contributed by atoms with Gasteiger partial charge in [-0.05, 0) is 36.6 Å². The summed E-state index contributed by atoms with van der Waals surface area (Å²) in [5.41, 5.74) is 3.62. The number of aromatic amines is 1. The minimum Gasteiger partial charge on any atom is -0.494 e. The second-order valence-corrected chi connectivity index (χ2v) is 6.94. The van der Waals surface area contributed by atoms with Crippen molar-refractivity contribution in [2.45, 2.75) is 25.7 Å². The number of carbonyl (C=O) groups is 2. The van der Waals surface area contributed by atoms with Crippen molar-refractivity contribution in [1.29, 1.82) is 0 Å². The van der Waals surface area contributed by atoms with Crippen molar-refractivity contribution in [2.75, 3.05) is 23.9 Å². The molecule has 2 aromatic carbocycles. The van der Waals surface area contributed by atoms with Gasteiger partial charge in [0.2, 0.25) is 11.8 Å². The fourth-order valence-electron chi connectivity index (χ4n) is 3.69. The number of hydrogen-bond acceptors (Lipinski definition) is 3. The van der Waals surface area contributed by atoms with E-state index in [0.717, 1.165) is 28.6 Å². The van der Waals surface area contributed by atoms with Crippen LogP contribution in [0.15, 0.2) is 48.7 Å². The van der Waals surface area contributed by atoms with E-state index in [9.17, 15) is 9.59 Å². The van der Waals surface area contributed by atoms with Crippen LogP contribution in [-0.4, -0.2) is 30.5 Å². The molecule has 0 radical (unpaired) electrons. The molecule has 1 aliphatic heterocycles. The number of H-pyrrole nitrogens is 1. The molecular formula is C22H23N3O3. The monoisotopic (exact) mass is 377 g/mol. The topological polar surface area (TPSA) is 74.4 Å². The van der Waals surface area contributed by atoms with Gasteiger partial charge in [-0.2, -0.15) is 0 Å². The number of ether oxygens (including phenoxy) is 1. The smallest absolute Gasteiger partial charge is 0.227 e. The lowest BCUT2D eigenvalue weighted by atomic mass is 10.1. The molecule has 0 unspecified atom stereocenters. The number of methoxy groups -OCH3 is 1. The van der Waals surface area contributed by atoms with Crippen LogP contribution >= 0.6 is 0 Å². The van der Waals surface area contributed by atoms with Crippen LogP contribution in [0.2, 0.25) is 0 Å². The Balaban J connectivity index is 1.42. The average Bonchev–Trinajstić information content (AvgIpc) is 3.32. The highest BCUT2D eigenvalue weighted by molar-refractivity contribution is 5.98. The van der Waals surface area contributed by atoms with Crippen LogP contribution in [0.1, 0.15) is 24.8 Å². The highest BCUT2D eigenvalue weighted by Crippen LogP contribution is 2.34. The predicted octanol–water partition coefficient (Wildman–Crippen LogP) is 3.87. The first kappa shape index (κ1) is 18.1. The lowest BCUT2D eigenvalue weighted by Gasteiger charge is -2.19. The van der Waals surface area contributed by atoms with Gasteiger partial charge in [0.25, 0.3) is 0 Å². The number of nitrogens with zero attached hydrogens (tertiary/aromatic N) is 1. The second kappa shape index (κ2) is 7.76. The number of nitrogens with one attached hydrogen (secondary N) is 2. The molecule has 0 atom stereocenters. The molecule has 28 heavy (non-hydrogen) atoms. The largest absolute Gasteiger partial charge is 0.494 e. The summed E-state index contributed by atoms with van der Waals surface area (Å²) in [5.74, 6) is 0.635. The van der Waals surface area contributed by atoms with Crippen molar-refractivity contribution in [3.05, 3.63) is 54.2 Å². The predicted molar refractivity (Wildman–Crippen MR) is 110 cm³/mol. The molecule has 1 fully saturated rings. The zero-order valence-electron chi connectivity index (χ0n) is 15.8.